The quantitative estimate of drug-likeness (QED) is 0.0301. The number of phenolic OH excluding ortho intramolecular Hbond substituents is 1. The molecule has 0 bridgehead atoms. The molecule has 0 aromatic heterocycles. The molecule has 1 rings (SSSR count). The van der Waals surface area contributed by atoms with Gasteiger partial charge in [0.05, 0.1) is 18.9 Å². The van der Waals surface area contributed by atoms with E-state index in [0.29, 0.717) is 12.0 Å². The normalized spacial score (nSPS) is 15.1. The van der Waals surface area contributed by atoms with Crippen molar-refractivity contribution >= 4 is 118 Å². The van der Waals surface area contributed by atoms with Crippen molar-refractivity contribution in [3.63, 3.8) is 0 Å². The highest BCUT2D eigenvalue weighted by atomic mass is 32.2. The molecular formula is C67H107N15O23S. The third-order valence-corrected chi connectivity index (χ3v) is 16.8. The van der Waals surface area contributed by atoms with E-state index in [-0.39, 0.29) is 67.8 Å². The van der Waals surface area contributed by atoms with E-state index in [1.54, 1.807) is 61.6 Å². The second kappa shape index (κ2) is 47.3. The Kier molecular flexibility index (Phi) is 41.8. The number of amides is 14. The molecule has 0 aliphatic heterocycles. The summed E-state index contributed by atoms with van der Waals surface area (Å²) in [5.74, 6) is -21.6. The van der Waals surface area contributed by atoms with Crippen LogP contribution in [0.1, 0.15) is 158 Å². The second-order valence-electron chi connectivity index (χ2n) is 27.0. The van der Waals surface area contributed by atoms with Gasteiger partial charge < -0.3 is 107 Å². The SMILES string of the molecule is CC[C@H](C)[C@H](NC(=O)[C@@H](N)CC(N)=O)C(=O)N[C@@H](CCC(N)=O)C(=O)N[C@@H](CCSC)C(=O)N[C@@H](CC(C)C)C(=O)N[C@@H](CC(C)C)C(=O)N[C@@H](CCC(=O)O)C(=O)N[C@@H](C)C(=O)N[C@@H](C)C(=O)N[C@@H](CC(=O)O)C(=O)N[C@@H](Cc1ccc(O)cc1)C(=O)N[C@@H](CC(C)C)C(=O)N[C@@H](CCC(=O)O)C(=O)O. The van der Waals surface area contributed by atoms with E-state index in [1.165, 1.54) is 36.0 Å². The molecule has 0 fully saturated rings. The van der Waals surface area contributed by atoms with E-state index in [1.807, 2.05) is 0 Å². The molecule has 38 nitrogen and oxygen atoms in total. The topological polar surface area (TPSA) is 631 Å². The number of hydrogen-bond acceptors (Lipinski definition) is 21. The summed E-state index contributed by atoms with van der Waals surface area (Å²) < 4.78 is 0. The molecule has 0 unspecified atom stereocenters. The average Bonchev–Trinajstić information content (AvgIpc) is 0.856. The minimum Gasteiger partial charge on any atom is -0.508 e. The Balaban J connectivity index is 3.51. The van der Waals surface area contributed by atoms with E-state index in [4.69, 9.17) is 22.3 Å². The van der Waals surface area contributed by atoms with Crippen molar-refractivity contribution < 1.29 is 112 Å². The van der Waals surface area contributed by atoms with E-state index >= 15 is 0 Å². The number of aliphatic carboxylic acids is 4. The van der Waals surface area contributed by atoms with Crippen LogP contribution in [0.5, 0.6) is 5.75 Å². The van der Waals surface area contributed by atoms with Crippen LogP contribution in [0, 0.1) is 23.7 Å². The summed E-state index contributed by atoms with van der Waals surface area (Å²) in [4.78, 5) is 238. The van der Waals surface area contributed by atoms with Gasteiger partial charge in [0.1, 0.15) is 78.3 Å². The lowest BCUT2D eigenvalue weighted by Gasteiger charge is -2.29. The molecule has 0 saturated heterocycles. The van der Waals surface area contributed by atoms with Gasteiger partial charge in [0.2, 0.25) is 82.7 Å². The molecular weight excluding hydrogens is 1410 g/mol. The number of rotatable bonds is 51. The Labute approximate surface area is 617 Å². The van der Waals surface area contributed by atoms with Crippen LogP contribution in [0.25, 0.3) is 0 Å². The lowest BCUT2D eigenvalue weighted by Crippen LogP contribution is -2.61. The van der Waals surface area contributed by atoms with E-state index < -0.39 is 236 Å². The maximum absolute atomic E-state index is 14.4. The maximum Gasteiger partial charge on any atom is 0.326 e. The van der Waals surface area contributed by atoms with Crippen LogP contribution in [-0.4, -0.2) is 223 Å². The van der Waals surface area contributed by atoms with Crippen molar-refractivity contribution in [2.24, 2.45) is 40.9 Å². The van der Waals surface area contributed by atoms with Gasteiger partial charge in [0.25, 0.3) is 0 Å². The summed E-state index contributed by atoms with van der Waals surface area (Å²) in [6.45, 7) is 15.7. The summed E-state index contributed by atoms with van der Waals surface area (Å²) >= 11 is 1.29. The van der Waals surface area contributed by atoms with Gasteiger partial charge in [-0.2, -0.15) is 11.8 Å². The lowest BCUT2D eigenvalue weighted by molar-refractivity contribution is -0.143. The molecule has 0 aliphatic rings. The number of phenols is 1. The van der Waals surface area contributed by atoms with Crippen LogP contribution in [0.15, 0.2) is 24.3 Å². The molecule has 0 radical (unpaired) electrons. The first-order valence-corrected chi connectivity index (χ1v) is 35.9. The van der Waals surface area contributed by atoms with Gasteiger partial charge in [-0.25, -0.2) is 4.79 Å². The number of aromatic hydroxyl groups is 1. The maximum atomic E-state index is 14.4. The zero-order valence-corrected chi connectivity index (χ0v) is 62.3. The Bertz CT molecular complexity index is 3250. The summed E-state index contributed by atoms with van der Waals surface area (Å²) in [5, 5.41) is 77.3. The second-order valence-corrected chi connectivity index (χ2v) is 28.0. The summed E-state index contributed by atoms with van der Waals surface area (Å²) in [7, 11) is 0. The van der Waals surface area contributed by atoms with Crippen LogP contribution in [0.4, 0.5) is 0 Å². The average molecular weight is 1520 g/mol. The third-order valence-electron chi connectivity index (χ3n) is 16.2. The molecule has 23 N–H and O–H groups in total. The lowest BCUT2D eigenvalue weighted by atomic mass is 9.97. The Morgan fingerprint density at radius 3 is 1.14 bits per heavy atom. The zero-order valence-electron chi connectivity index (χ0n) is 61.5. The van der Waals surface area contributed by atoms with Crippen molar-refractivity contribution in [2.45, 2.75) is 238 Å². The first-order chi connectivity index (χ1) is 49.4. The fraction of sp³-hybridized carbons (Fsp3) is 0.642. The third kappa shape index (κ3) is 36.5. The number of carboxylic acid groups (broad SMARTS) is 4. The van der Waals surface area contributed by atoms with Crippen LogP contribution in [-0.2, 0) is 92.7 Å². The molecule has 106 heavy (non-hydrogen) atoms. The van der Waals surface area contributed by atoms with Crippen molar-refractivity contribution in [2.75, 3.05) is 12.0 Å². The number of benzene rings is 1. The Morgan fingerprint density at radius 2 is 0.736 bits per heavy atom. The highest BCUT2D eigenvalue weighted by Gasteiger charge is 2.38. The predicted molar refractivity (Wildman–Crippen MR) is 381 cm³/mol. The molecule has 14 amide bonds. The van der Waals surface area contributed by atoms with Gasteiger partial charge in [-0.3, -0.25) is 81.5 Å². The standard InChI is InChI=1S/C67H107N15O23S/c1-12-34(8)54(82-57(94)39(68)29-50(70)85)66(103)75-40(17-20-49(69)84)59(96)74-42(23-24-106-11)60(97)78-46(27-33(6)7)63(100)79-44(25-31(2)3)61(98)73-41(18-21-51(86)87)58(95)72-35(9)55(92)71-36(10)56(93)77-48(30-53(90)91)65(102)81-47(28-37-13-15-38(83)16-14-37)64(101)80-45(26-32(4)5)62(99)76-43(67(104)105)19-22-52(88)89/h13-16,31-36,39-48,54,83H,12,17-30,68H2,1-11H3,(H2,69,84)(H2,70,85)(H,71,92)(H,72,95)(H,73,98)(H,74,96)(H,75,103)(H,76,99)(H,77,93)(H,78,97)(H,79,100)(H,80,101)(H,81,102)(H,82,94)(H,86,87)(H,88,89)(H,90,91)(H,104,105)/t34-,35-,36-,39-,40-,41-,42-,43-,44-,45-,46-,47-,48-,54-/m0/s1. The van der Waals surface area contributed by atoms with Gasteiger partial charge in [0, 0.05) is 25.7 Å². The van der Waals surface area contributed by atoms with Crippen molar-refractivity contribution in [1.82, 2.24) is 63.8 Å². The van der Waals surface area contributed by atoms with Gasteiger partial charge in [-0.05, 0) is 112 Å². The molecule has 1 aromatic rings. The van der Waals surface area contributed by atoms with Crippen molar-refractivity contribution in [1.29, 1.82) is 0 Å². The molecule has 0 aliphatic carbocycles. The van der Waals surface area contributed by atoms with Crippen molar-refractivity contribution in [3.8, 4) is 5.75 Å². The first-order valence-electron chi connectivity index (χ1n) is 34.5. The molecule has 594 valence electrons. The largest absolute Gasteiger partial charge is 0.508 e. The smallest absolute Gasteiger partial charge is 0.326 e. The highest BCUT2D eigenvalue weighted by Crippen LogP contribution is 2.17. The van der Waals surface area contributed by atoms with Crippen LogP contribution in [0.3, 0.4) is 0 Å². The molecule has 14 atom stereocenters. The van der Waals surface area contributed by atoms with Gasteiger partial charge >= 0.3 is 23.9 Å². The van der Waals surface area contributed by atoms with Crippen LogP contribution < -0.4 is 81.0 Å². The summed E-state index contributed by atoms with van der Waals surface area (Å²) in [5.41, 5.74) is 16.7. The van der Waals surface area contributed by atoms with E-state index in [2.05, 4.69) is 63.8 Å². The number of nitrogens with one attached hydrogen (secondary N) is 12. The van der Waals surface area contributed by atoms with Crippen LogP contribution in [0.2, 0.25) is 0 Å². The number of carboxylic acids is 4. The minimum absolute atomic E-state index is 0.0516. The minimum atomic E-state index is -1.99. The van der Waals surface area contributed by atoms with Crippen molar-refractivity contribution in [3.05, 3.63) is 29.8 Å². The molecule has 39 heteroatoms. The number of primary amides is 2. The fourth-order valence-corrected chi connectivity index (χ4v) is 10.7. The number of carbonyl (C=O) groups excluding carboxylic acids is 14. The molecule has 0 spiro atoms. The van der Waals surface area contributed by atoms with Gasteiger partial charge in [-0.15, -0.1) is 0 Å². The Hall–Kier alpha value is -10.2. The predicted octanol–water partition coefficient (Wildman–Crippen LogP) is -3.51. The zero-order chi connectivity index (χ0) is 81.0. The van der Waals surface area contributed by atoms with Gasteiger partial charge in [-0.1, -0.05) is 73.9 Å². The highest BCUT2D eigenvalue weighted by molar-refractivity contribution is 7.98. The number of thioether (sulfide) groups is 1. The molecule has 1 aromatic carbocycles. The van der Waals surface area contributed by atoms with E-state index in [9.17, 15) is 107 Å². The summed E-state index contributed by atoms with van der Waals surface area (Å²) in [6, 6.07) is -15.1. The first kappa shape index (κ1) is 93.8. The van der Waals surface area contributed by atoms with Crippen LogP contribution >= 0.6 is 11.8 Å². The van der Waals surface area contributed by atoms with E-state index in [0.717, 1.165) is 13.8 Å². The monoisotopic (exact) mass is 1520 g/mol. The number of hydrogen-bond donors (Lipinski definition) is 20. The Morgan fingerprint density at radius 1 is 0.387 bits per heavy atom. The number of carbonyl (C=O) groups is 18. The molecule has 0 heterocycles. The van der Waals surface area contributed by atoms with Gasteiger partial charge in [0.15, 0.2) is 0 Å². The number of nitrogens with two attached hydrogens (primary N) is 3. The summed E-state index contributed by atoms with van der Waals surface area (Å²) in [6.07, 6.45) is -3.62. The molecule has 0 saturated carbocycles. The fourth-order valence-electron chi connectivity index (χ4n) is 10.2.